The topological polar surface area (TPSA) is 40.6 Å². The maximum absolute atomic E-state index is 6.70. The lowest BCUT2D eigenvalue weighted by atomic mass is 10.1. The van der Waals surface area contributed by atoms with Crippen molar-refractivity contribution in [3.8, 4) is 0 Å². The van der Waals surface area contributed by atoms with E-state index in [9.17, 15) is 0 Å². The summed E-state index contributed by atoms with van der Waals surface area (Å²) in [5.41, 5.74) is 1.10. The first kappa shape index (κ1) is 40.8. The Kier molecular flexibility index (Phi) is 26.5. The van der Waals surface area contributed by atoms with Crippen molar-refractivity contribution < 1.29 is 13.3 Å². The fourth-order valence-corrected chi connectivity index (χ4v) is 15.3. The first-order valence-corrected chi connectivity index (χ1v) is 25.4. The van der Waals surface area contributed by atoms with Crippen LogP contribution in [0.5, 0.6) is 0 Å². The third-order valence-electron chi connectivity index (χ3n) is 7.63. The van der Waals surface area contributed by atoms with Crippen LogP contribution >= 0.6 is 52.6 Å². The van der Waals surface area contributed by atoms with E-state index in [0.717, 1.165) is 67.2 Å². The zero-order valence-electron chi connectivity index (χ0n) is 28.0. The molecule has 0 bridgehead atoms. The molecular weight excluding hydrogens is 659 g/mol. The molecule has 0 saturated heterocycles. The summed E-state index contributed by atoms with van der Waals surface area (Å²) in [6.45, 7) is 9.18. The fraction of sp³-hybridized carbons (Fsp3) is 0.794. The second kappa shape index (κ2) is 28.6. The van der Waals surface area contributed by atoms with Crippen molar-refractivity contribution in [3.05, 3.63) is 24.3 Å². The molecular formula is C34H61NO3S5Si. The summed E-state index contributed by atoms with van der Waals surface area (Å²) in [5, 5.41) is 0. The standard InChI is InChI=1S/C34H61NO3S5Si/c1-4-7-10-13-16-21-27-36-44(37-28-22-17-14-11-8-5-2,38-29-23-18-15-12-9-6-3)31-24-30-39-42-43-41-34-35-32-25-19-20-26-33(32)40-34/h19-20,25-26H,4-18,21-24,27-31H2,1-3H3. The molecule has 0 fully saturated rings. The maximum atomic E-state index is 6.70. The Morgan fingerprint density at radius 2 is 1.11 bits per heavy atom. The van der Waals surface area contributed by atoms with Gasteiger partial charge in [-0.1, -0.05) is 140 Å². The molecule has 2 aromatic rings. The predicted octanol–water partition coefficient (Wildman–Crippen LogP) is 13.8. The van der Waals surface area contributed by atoms with Crippen molar-refractivity contribution in [1.29, 1.82) is 0 Å². The second-order valence-corrected chi connectivity index (χ2v) is 21.6. The van der Waals surface area contributed by atoms with Crippen molar-refractivity contribution in [3.63, 3.8) is 0 Å². The lowest BCUT2D eigenvalue weighted by Crippen LogP contribution is -2.46. The van der Waals surface area contributed by atoms with Gasteiger partial charge in [0.1, 0.15) is 0 Å². The molecule has 0 aliphatic carbocycles. The van der Waals surface area contributed by atoms with Gasteiger partial charge in [0.15, 0.2) is 4.34 Å². The summed E-state index contributed by atoms with van der Waals surface area (Å²) in [7, 11) is 4.67. The Morgan fingerprint density at radius 1 is 0.614 bits per heavy atom. The van der Waals surface area contributed by atoms with Crippen molar-refractivity contribution in [2.75, 3.05) is 25.6 Å². The maximum Gasteiger partial charge on any atom is 0.500 e. The van der Waals surface area contributed by atoms with Crippen LogP contribution in [0.25, 0.3) is 10.2 Å². The summed E-state index contributed by atoms with van der Waals surface area (Å²) in [6.07, 6.45) is 24.0. The number of aromatic nitrogens is 1. The first-order valence-electron chi connectivity index (χ1n) is 17.6. The van der Waals surface area contributed by atoms with Crippen molar-refractivity contribution in [2.45, 2.75) is 153 Å². The summed E-state index contributed by atoms with van der Waals surface area (Å²) >= 11 is 1.78. The van der Waals surface area contributed by atoms with E-state index in [2.05, 4.69) is 45.0 Å². The van der Waals surface area contributed by atoms with Crippen molar-refractivity contribution in [1.82, 2.24) is 4.98 Å². The van der Waals surface area contributed by atoms with Crippen LogP contribution in [0, 0.1) is 0 Å². The smallest absolute Gasteiger partial charge is 0.373 e. The molecule has 0 amide bonds. The van der Waals surface area contributed by atoms with E-state index in [-0.39, 0.29) is 0 Å². The van der Waals surface area contributed by atoms with Crippen LogP contribution in [-0.2, 0) is 13.3 Å². The molecule has 0 aliphatic rings. The molecule has 0 radical (unpaired) electrons. The van der Waals surface area contributed by atoms with Crippen LogP contribution in [0.3, 0.4) is 0 Å². The minimum atomic E-state index is -2.70. The zero-order valence-corrected chi connectivity index (χ0v) is 33.1. The van der Waals surface area contributed by atoms with Gasteiger partial charge in [0, 0.05) is 31.6 Å². The van der Waals surface area contributed by atoms with Gasteiger partial charge in [-0.15, -0.1) is 11.3 Å². The highest BCUT2D eigenvalue weighted by molar-refractivity contribution is 9.26. The van der Waals surface area contributed by atoms with Crippen LogP contribution < -0.4 is 0 Å². The van der Waals surface area contributed by atoms with E-state index in [1.165, 1.54) is 101 Å². The number of para-hydroxylation sites is 1. The molecule has 44 heavy (non-hydrogen) atoms. The molecule has 0 saturated carbocycles. The highest BCUT2D eigenvalue weighted by Crippen LogP contribution is 2.48. The number of hydrogen-bond acceptors (Lipinski definition) is 9. The van der Waals surface area contributed by atoms with Gasteiger partial charge in [-0.25, -0.2) is 4.98 Å². The molecule has 0 aliphatic heterocycles. The van der Waals surface area contributed by atoms with Gasteiger partial charge < -0.3 is 13.3 Å². The molecule has 0 spiro atoms. The summed E-state index contributed by atoms with van der Waals surface area (Å²) in [5.74, 6) is 1.08. The number of unbranched alkanes of at least 4 members (excludes halogenated alkanes) is 15. The molecule has 1 aromatic heterocycles. The fourth-order valence-electron chi connectivity index (χ4n) is 5.00. The van der Waals surface area contributed by atoms with Crippen LogP contribution in [0.4, 0.5) is 0 Å². The van der Waals surface area contributed by atoms with Gasteiger partial charge in [-0.3, -0.25) is 0 Å². The average Bonchev–Trinajstić information content (AvgIpc) is 3.46. The van der Waals surface area contributed by atoms with Gasteiger partial charge in [0.05, 0.1) is 10.2 Å². The molecule has 0 unspecified atom stereocenters. The number of nitrogens with zero attached hydrogens (tertiary/aromatic N) is 1. The number of benzene rings is 1. The Labute approximate surface area is 291 Å². The SMILES string of the molecule is CCCCCCCCO[Si](CCCSSSSc1nc2ccccc2s1)(OCCCCCCCC)OCCCCCCCC. The Hall–Kier alpha value is 0.607. The van der Waals surface area contributed by atoms with Crippen LogP contribution in [-0.4, -0.2) is 39.4 Å². The molecule has 254 valence electrons. The molecule has 1 heterocycles. The van der Waals surface area contributed by atoms with Gasteiger partial charge >= 0.3 is 8.80 Å². The summed E-state index contributed by atoms with van der Waals surface area (Å²) in [4.78, 5) is 4.74. The third-order valence-corrected chi connectivity index (χ3v) is 18.2. The van der Waals surface area contributed by atoms with Crippen LogP contribution in [0.15, 0.2) is 28.6 Å². The number of rotatable bonds is 32. The molecule has 4 nitrogen and oxygen atoms in total. The predicted molar refractivity (Wildman–Crippen MR) is 206 cm³/mol. The Bertz CT molecular complexity index is 843. The number of hydrogen-bond donors (Lipinski definition) is 0. The number of thiazole rings is 1. The number of fused-ring (bicyclic) bond motifs is 1. The van der Waals surface area contributed by atoms with E-state index in [0.29, 0.717) is 0 Å². The highest BCUT2D eigenvalue weighted by Gasteiger charge is 2.40. The second-order valence-electron chi connectivity index (χ2n) is 11.6. The minimum Gasteiger partial charge on any atom is -0.373 e. The van der Waals surface area contributed by atoms with E-state index in [1.807, 2.05) is 30.4 Å². The Morgan fingerprint density at radius 3 is 1.64 bits per heavy atom. The zero-order chi connectivity index (χ0) is 31.4. The van der Waals surface area contributed by atoms with E-state index in [1.54, 1.807) is 22.1 Å². The molecule has 0 N–H and O–H groups in total. The monoisotopic (exact) mass is 719 g/mol. The van der Waals surface area contributed by atoms with E-state index >= 15 is 0 Å². The Balaban J connectivity index is 1.83. The quantitative estimate of drug-likeness (QED) is 0.0420. The lowest BCUT2D eigenvalue weighted by Gasteiger charge is -2.30. The van der Waals surface area contributed by atoms with Gasteiger partial charge in [-0.05, 0) is 68.3 Å². The summed E-state index contributed by atoms with van der Waals surface area (Å²) < 4.78 is 22.5. The summed E-state index contributed by atoms with van der Waals surface area (Å²) in [6, 6.07) is 9.32. The van der Waals surface area contributed by atoms with Gasteiger partial charge in [0.25, 0.3) is 0 Å². The van der Waals surface area contributed by atoms with Crippen molar-refractivity contribution >= 4 is 71.6 Å². The molecule has 0 atom stereocenters. The molecule has 10 heteroatoms. The molecule has 1 aromatic carbocycles. The lowest BCUT2D eigenvalue weighted by molar-refractivity contribution is 0.0551. The average molecular weight is 720 g/mol. The van der Waals surface area contributed by atoms with Crippen LogP contribution in [0.2, 0.25) is 6.04 Å². The van der Waals surface area contributed by atoms with Crippen molar-refractivity contribution in [2.24, 2.45) is 0 Å². The molecule has 2 rings (SSSR count). The van der Waals surface area contributed by atoms with Gasteiger partial charge in [0.2, 0.25) is 0 Å². The van der Waals surface area contributed by atoms with Gasteiger partial charge in [-0.2, -0.15) is 0 Å². The van der Waals surface area contributed by atoms with Crippen LogP contribution in [0.1, 0.15) is 143 Å². The van der Waals surface area contributed by atoms with E-state index < -0.39 is 8.80 Å². The third kappa shape index (κ3) is 20.1. The normalized spacial score (nSPS) is 12.1. The highest BCUT2D eigenvalue weighted by atomic mass is 33.7. The largest absolute Gasteiger partial charge is 0.500 e. The van der Waals surface area contributed by atoms with E-state index in [4.69, 9.17) is 18.3 Å². The first-order chi connectivity index (χ1) is 21.7. The minimum absolute atomic E-state index is 0.780.